The number of rotatable bonds is 3. The number of carbonyl (C=O) groups excluding carboxylic acids is 1. The SMILES string of the molecule is CN1C(=O)C(C)(C)[C@@](C)(c2cc(Nc3cccc(C#N)c3)ccc2F)N=C1N. The first-order valence-corrected chi connectivity index (χ1v) is 8.81. The summed E-state index contributed by atoms with van der Waals surface area (Å²) in [6.45, 7) is 5.18. The average molecular weight is 379 g/mol. The second kappa shape index (κ2) is 6.64. The molecule has 144 valence electrons. The summed E-state index contributed by atoms with van der Waals surface area (Å²) in [4.78, 5) is 18.6. The third kappa shape index (κ3) is 2.97. The first-order chi connectivity index (χ1) is 13.1. The first kappa shape index (κ1) is 19.4. The van der Waals surface area contributed by atoms with Crippen molar-refractivity contribution in [2.24, 2.45) is 16.1 Å². The van der Waals surface area contributed by atoms with Gasteiger partial charge in [0, 0.05) is 24.0 Å². The minimum atomic E-state index is -1.18. The molecule has 0 aliphatic carbocycles. The number of amides is 1. The highest BCUT2D eigenvalue weighted by Gasteiger charge is 2.53. The highest BCUT2D eigenvalue weighted by Crippen LogP contribution is 2.47. The number of nitrogens with two attached hydrogens (primary N) is 1. The Bertz CT molecular complexity index is 1020. The molecule has 1 heterocycles. The van der Waals surface area contributed by atoms with Gasteiger partial charge in [-0.15, -0.1) is 0 Å². The Labute approximate surface area is 163 Å². The van der Waals surface area contributed by atoms with Gasteiger partial charge < -0.3 is 11.1 Å². The second-order valence-corrected chi connectivity index (χ2v) is 7.54. The highest BCUT2D eigenvalue weighted by molar-refractivity contribution is 6.01. The van der Waals surface area contributed by atoms with Crippen LogP contribution in [0.4, 0.5) is 15.8 Å². The van der Waals surface area contributed by atoms with Crippen LogP contribution in [0.1, 0.15) is 31.9 Å². The summed E-state index contributed by atoms with van der Waals surface area (Å²) in [5.74, 6) is -0.658. The monoisotopic (exact) mass is 379 g/mol. The molecule has 1 amide bonds. The molecule has 0 unspecified atom stereocenters. The van der Waals surface area contributed by atoms with Crippen molar-refractivity contribution in [2.75, 3.05) is 12.4 Å². The third-order valence-corrected chi connectivity index (χ3v) is 5.51. The van der Waals surface area contributed by atoms with Gasteiger partial charge in [0.25, 0.3) is 0 Å². The number of nitriles is 1. The van der Waals surface area contributed by atoms with E-state index >= 15 is 0 Å². The van der Waals surface area contributed by atoms with Gasteiger partial charge in [-0.2, -0.15) is 5.26 Å². The van der Waals surface area contributed by atoms with E-state index in [1.54, 1.807) is 58.2 Å². The Hall–Kier alpha value is -3.40. The van der Waals surface area contributed by atoms with Gasteiger partial charge in [-0.3, -0.25) is 9.69 Å². The lowest BCUT2D eigenvalue weighted by atomic mass is 9.67. The van der Waals surface area contributed by atoms with Crippen LogP contribution in [-0.2, 0) is 10.3 Å². The van der Waals surface area contributed by atoms with Gasteiger partial charge in [0.2, 0.25) is 5.91 Å². The Kier molecular flexibility index (Phi) is 4.59. The molecule has 2 aromatic rings. The lowest BCUT2D eigenvalue weighted by Gasteiger charge is -2.46. The average Bonchev–Trinajstić information content (AvgIpc) is 2.67. The van der Waals surface area contributed by atoms with Crippen molar-refractivity contribution in [2.45, 2.75) is 26.3 Å². The van der Waals surface area contributed by atoms with Crippen LogP contribution in [0.5, 0.6) is 0 Å². The maximum atomic E-state index is 14.8. The topological polar surface area (TPSA) is 94.5 Å². The van der Waals surface area contributed by atoms with Crippen molar-refractivity contribution in [3.8, 4) is 6.07 Å². The van der Waals surface area contributed by atoms with Crippen LogP contribution >= 0.6 is 0 Å². The van der Waals surface area contributed by atoms with Crippen molar-refractivity contribution in [1.29, 1.82) is 5.26 Å². The minimum Gasteiger partial charge on any atom is -0.369 e. The molecule has 0 radical (unpaired) electrons. The van der Waals surface area contributed by atoms with Crippen LogP contribution in [0.2, 0.25) is 0 Å². The Morgan fingerprint density at radius 1 is 1.18 bits per heavy atom. The fourth-order valence-corrected chi connectivity index (χ4v) is 3.38. The van der Waals surface area contributed by atoms with Gasteiger partial charge in [0.1, 0.15) is 11.4 Å². The highest BCUT2D eigenvalue weighted by atomic mass is 19.1. The molecule has 2 aromatic carbocycles. The summed E-state index contributed by atoms with van der Waals surface area (Å²) in [5.41, 5.74) is 5.83. The molecule has 1 aliphatic heterocycles. The summed E-state index contributed by atoms with van der Waals surface area (Å²) >= 11 is 0. The van der Waals surface area contributed by atoms with Crippen molar-refractivity contribution < 1.29 is 9.18 Å². The van der Waals surface area contributed by atoms with Crippen LogP contribution in [0.25, 0.3) is 0 Å². The quantitative estimate of drug-likeness (QED) is 0.854. The van der Waals surface area contributed by atoms with E-state index < -0.39 is 16.8 Å². The molecule has 1 aliphatic rings. The van der Waals surface area contributed by atoms with Crippen LogP contribution in [0.3, 0.4) is 0 Å². The summed E-state index contributed by atoms with van der Waals surface area (Å²) in [6, 6.07) is 13.6. The van der Waals surface area contributed by atoms with Gasteiger partial charge in [-0.25, -0.2) is 9.38 Å². The summed E-state index contributed by atoms with van der Waals surface area (Å²) in [7, 11) is 1.55. The van der Waals surface area contributed by atoms with E-state index in [4.69, 9.17) is 11.0 Å². The number of anilines is 2. The summed E-state index contributed by atoms with van der Waals surface area (Å²) in [6.07, 6.45) is 0. The Balaban J connectivity index is 2.08. The van der Waals surface area contributed by atoms with Crippen molar-refractivity contribution in [1.82, 2.24) is 4.90 Å². The second-order valence-electron chi connectivity index (χ2n) is 7.54. The molecule has 28 heavy (non-hydrogen) atoms. The Morgan fingerprint density at radius 2 is 1.86 bits per heavy atom. The number of aliphatic imine (C=N–C) groups is 1. The van der Waals surface area contributed by atoms with E-state index in [-0.39, 0.29) is 17.4 Å². The zero-order valence-electron chi connectivity index (χ0n) is 16.2. The number of hydrogen-bond acceptors (Lipinski definition) is 5. The fourth-order valence-electron chi connectivity index (χ4n) is 3.38. The minimum absolute atomic E-state index is 0.0475. The molecule has 0 fully saturated rings. The molecule has 0 saturated heterocycles. The predicted octanol–water partition coefficient (Wildman–Crippen LogP) is 3.47. The van der Waals surface area contributed by atoms with E-state index in [9.17, 15) is 9.18 Å². The number of guanidine groups is 1. The molecule has 3 N–H and O–H groups in total. The molecule has 3 rings (SSSR count). The number of nitrogens with zero attached hydrogens (tertiary/aromatic N) is 3. The Morgan fingerprint density at radius 3 is 2.54 bits per heavy atom. The largest absolute Gasteiger partial charge is 0.369 e. The molecular formula is C21H22FN5O. The molecule has 0 bridgehead atoms. The normalized spacial score (nSPS) is 21.1. The summed E-state index contributed by atoms with van der Waals surface area (Å²) < 4.78 is 14.8. The van der Waals surface area contributed by atoms with Crippen LogP contribution < -0.4 is 11.1 Å². The fraction of sp³-hybridized carbons (Fsp3) is 0.286. The summed E-state index contributed by atoms with van der Waals surface area (Å²) in [5, 5.41) is 12.2. The first-order valence-electron chi connectivity index (χ1n) is 8.81. The van der Waals surface area contributed by atoms with Crippen molar-refractivity contribution in [3.63, 3.8) is 0 Å². The van der Waals surface area contributed by atoms with E-state index in [2.05, 4.69) is 16.4 Å². The molecule has 0 spiro atoms. The molecule has 0 aromatic heterocycles. The molecule has 1 atom stereocenters. The van der Waals surface area contributed by atoms with E-state index in [1.165, 1.54) is 11.0 Å². The maximum Gasteiger partial charge on any atom is 0.237 e. The van der Waals surface area contributed by atoms with E-state index in [0.717, 1.165) is 0 Å². The van der Waals surface area contributed by atoms with Crippen LogP contribution in [0.15, 0.2) is 47.5 Å². The van der Waals surface area contributed by atoms with Crippen LogP contribution in [0, 0.1) is 22.6 Å². The number of nitrogens with one attached hydrogen (secondary N) is 1. The van der Waals surface area contributed by atoms with Crippen LogP contribution in [-0.4, -0.2) is 23.8 Å². The molecular weight excluding hydrogens is 357 g/mol. The zero-order valence-corrected chi connectivity index (χ0v) is 16.2. The maximum absolute atomic E-state index is 14.8. The number of hydrogen-bond donors (Lipinski definition) is 2. The number of halogens is 1. The lowest BCUT2D eigenvalue weighted by Crippen LogP contribution is -2.58. The smallest absolute Gasteiger partial charge is 0.237 e. The zero-order chi connectivity index (χ0) is 20.7. The van der Waals surface area contributed by atoms with Crippen molar-refractivity contribution >= 4 is 23.2 Å². The van der Waals surface area contributed by atoms with Gasteiger partial charge in [0.05, 0.1) is 17.0 Å². The predicted molar refractivity (Wildman–Crippen MR) is 106 cm³/mol. The van der Waals surface area contributed by atoms with Gasteiger partial charge in [0.15, 0.2) is 5.96 Å². The number of benzene rings is 2. The number of carbonyl (C=O) groups is 1. The van der Waals surface area contributed by atoms with Gasteiger partial charge >= 0.3 is 0 Å². The van der Waals surface area contributed by atoms with Gasteiger partial charge in [-0.1, -0.05) is 6.07 Å². The molecule has 7 heteroatoms. The third-order valence-electron chi connectivity index (χ3n) is 5.51. The molecule has 6 nitrogen and oxygen atoms in total. The van der Waals surface area contributed by atoms with E-state index in [1.807, 2.05) is 6.07 Å². The van der Waals surface area contributed by atoms with E-state index in [0.29, 0.717) is 16.9 Å². The lowest BCUT2D eigenvalue weighted by molar-refractivity contribution is -0.140. The van der Waals surface area contributed by atoms with Gasteiger partial charge in [-0.05, 0) is 57.2 Å². The molecule has 0 saturated carbocycles. The van der Waals surface area contributed by atoms with Crippen molar-refractivity contribution in [3.05, 3.63) is 59.4 Å². The standard InChI is InChI=1S/C21H22FN5O/c1-20(2)18(28)27(4)19(24)26-21(20,3)16-11-15(8-9-17(16)22)25-14-7-5-6-13(10-14)12-23/h5-11,25H,1-4H3,(H2,24,26)/t21-/m1/s1.